The number of nitrogen functional groups attached to an aromatic ring is 1. The lowest BCUT2D eigenvalue weighted by molar-refractivity contribution is -0.148. The third-order valence-electron chi connectivity index (χ3n) is 6.27. The second-order valence-electron chi connectivity index (χ2n) is 8.63. The van der Waals surface area contributed by atoms with Gasteiger partial charge < -0.3 is 15.4 Å². The highest BCUT2D eigenvalue weighted by Crippen LogP contribution is 2.28. The van der Waals surface area contributed by atoms with Crippen molar-refractivity contribution >= 4 is 40.8 Å². The fraction of sp³-hybridized carbons (Fsp3) is 0.400. The largest absolute Gasteiger partial charge is 0.440 e. The third-order valence-corrected chi connectivity index (χ3v) is 6.61. The van der Waals surface area contributed by atoms with Gasteiger partial charge in [0.05, 0.1) is 28.4 Å². The van der Waals surface area contributed by atoms with Crippen molar-refractivity contribution in [1.29, 1.82) is 0 Å². The molecule has 0 bridgehead atoms. The van der Waals surface area contributed by atoms with Gasteiger partial charge in [-0.05, 0) is 49.7 Å². The van der Waals surface area contributed by atoms with Crippen molar-refractivity contribution < 1.29 is 19.1 Å². The molecule has 8 nitrogen and oxygen atoms in total. The highest BCUT2D eigenvalue weighted by atomic mass is 35.5. The molecule has 4 rings (SSSR count). The standard InChI is InChI=1S/C25H29ClN4O4/c1-17(31)34-23-16-28(13-14-29(23)18-9-10-21(26)22(27)15-18)11-5-2-6-12-30-24(32)19-7-3-4-8-20(19)25(30)33/h3-4,7-10,15,23H,2,5-6,11-14,16,27H2,1H3. The van der Waals surface area contributed by atoms with Gasteiger partial charge in [0, 0.05) is 32.2 Å². The number of anilines is 2. The summed E-state index contributed by atoms with van der Waals surface area (Å²) in [6.07, 6.45) is 2.15. The topological polar surface area (TPSA) is 96.2 Å². The molecule has 9 heteroatoms. The van der Waals surface area contributed by atoms with Crippen LogP contribution in [0.1, 0.15) is 46.9 Å². The third kappa shape index (κ3) is 5.18. The van der Waals surface area contributed by atoms with E-state index in [0.717, 1.165) is 38.0 Å². The summed E-state index contributed by atoms with van der Waals surface area (Å²) in [7, 11) is 0. The van der Waals surface area contributed by atoms with Crippen LogP contribution in [0.4, 0.5) is 11.4 Å². The first-order chi connectivity index (χ1) is 16.3. The van der Waals surface area contributed by atoms with Crippen LogP contribution < -0.4 is 10.6 Å². The molecule has 0 aliphatic carbocycles. The molecule has 2 aromatic rings. The number of carbonyl (C=O) groups is 3. The average Bonchev–Trinajstić information content (AvgIpc) is 3.05. The van der Waals surface area contributed by atoms with E-state index in [0.29, 0.717) is 41.5 Å². The smallest absolute Gasteiger partial charge is 0.304 e. The number of benzene rings is 2. The molecule has 1 fully saturated rings. The van der Waals surface area contributed by atoms with E-state index in [1.807, 2.05) is 11.0 Å². The minimum Gasteiger partial charge on any atom is -0.440 e. The fourth-order valence-corrected chi connectivity index (χ4v) is 4.65. The number of hydrogen-bond acceptors (Lipinski definition) is 7. The lowest BCUT2D eigenvalue weighted by atomic mass is 10.1. The number of hydrogen-bond donors (Lipinski definition) is 1. The van der Waals surface area contributed by atoms with E-state index in [4.69, 9.17) is 22.1 Å². The molecule has 2 aliphatic rings. The van der Waals surface area contributed by atoms with Gasteiger partial charge in [-0.15, -0.1) is 0 Å². The van der Waals surface area contributed by atoms with Crippen LogP contribution in [0, 0.1) is 0 Å². The van der Waals surface area contributed by atoms with Crippen LogP contribution in [-0.2, 0) is 9.53 Å². The number of rotatable bonds is 8. The zero-order valence-corrected chi connectivity index (χ0v) is 20.0. The van der Waals surface area contributed by atoms with Crippen LogP contribution in [-0.4, -0.2) is 66.5 Å². The number of nitrogens with zero attached hydrogens (tertiary/aromatic N) is 3. The zero-order valence-electron chi connectivity index (χ0n) is 19.2. The van der Waals surface area contributed by atoms with Crippen LogP contribution in [0.2, 0.25) is 5.02 Å². The predicted octanol–water partition coefficient (Wildman–Crippen LogP) is 3.40. The molecule has 2 amide bonds. The molecule has 0 radical (unpaired) electrons. The first-order valence-corrected chi connectivity index (χ1v) is 11.9. The van der Waals surface area contributed by atoms with Crippen LogP contribution in [0.3, 0.4) is 0 Å². The van der Waals surface area contributed by atoms with Crippen LogP contribution in [0.15, 0.2) is 42.5 Å². The van der Waals surface area contributed by atoms with Gasteiger partial charge in [-0.25, -0.2) is 0 Å². The van der Waals surface area contributed by atoms with E-state index in [1.165, 1.54) is 11.8 Å². The number of amides is 2. The lowest BCUT2D eigenvalue weighted by Crippen LogP contribution is -2.55. The van der Waals surface area contributed by atoms with E-state index in [2.05, 4.69) is 4.90 Å². The van der Waals surface area contributed by atoms with Crippen LogP contribution in [0.5, 0.6) is 0 Å². The van der Waals surface area contributed by atoms with E-state index in [-0.39, 0.29) is 17.8 Å². The van der Waals surface area contributed by atoms with Crippen molar-refractivity contribution in [3.63, 3.8) is 0 Å². The fourth-order valence-electron chi connectivity index (χ4n) is 4.53. The summed E-state index contributed by atoms with van der Waals surface area (Å²) in [5, 5.41) is 0.493. The monoisotopic (exact) mass is 484 g/mol. The van der Waals surface area contributed by atoms with Crippen LogP contribution >= 0.6 is 11.6 Å². The molecule has 2 heterocycles. The molecular formula is C25H29ClN4O4. The Labute approximate surface area is 204 Å². The van der Waals surface area contributed by atoms with E-state index < -0.39 is 6.23 Å². The Balaban J connectivity index is 1.26. The number of ether oxygens (including phenoxy) is 1. The van der Waals surface area contributed by atoms with Crippen molar-refractivity contribution in [3.05, 3.63) is 58.6 Å². The molecule has 34 heavy (non-hydrogen) atoms. The molecule has 1 saturated heterocycles. The molecule has 2 N–H and O–H groups in total. The number of halogens is 1. The molecule has 1 atom stereocenters. The summed E-state index contributed by atoms with van der Waals surface area (Å²) < 4.78 is 5.60. The Kier molecular flexibility index (Phi) is 7.38. The second kappa shape index (κ2) is 10.4. The molecule has 2 aromatic carbocycles. The Morgan fingerprint density at radius 2 is 1.71 bits per heavy atom. The molecule has 180 valence electrons. The number of imide groups is 1. The first-order valence-electron chi connectivity index (χ1n) is 11.5. The molecule has 0 saturated carbocycles. The van der Waals surface area contributed by atoms with Crippen molar-refractivity contribution in [2.75, 3.05) is 43.4 Å². The highest BCUT2D eigenvalue weighted by Gasteiger charge is 2.34. The molecule has 0 spiro atoms. The molecular weight excluding hydrogens is 456 g/mol. The SMILES string of the molecule is CC(=O)OC1CN(CCCCCN2C(=O)c3ccccc3C2=O)CCN1c1ccc(Cl)c(N)c1. The van der Waals surface area contributed by atoms with Crippen molar-refractivity contribution in [1.82, 2.24) is 9.80 Å². The summed E-state index contributed by atoms with van der Waals surface area (Å²) in [5.74, 6) is -0.743. The number of esters is 1. The van der Waals surface area contributed by atoms with E-state index in [9.17, 15) is 14.4 Å². The number of fused-ring (bicyclic) bond motifs is 1. The summed E-state index contributed by atoms with van der Waals surface area (Å²) in [6, 6.07) is 12.4. The molecule has 0 aromatic heterocycles. The lowest BCUT2D eigenvalue weighted by Gasteiger charge is -2.41. The average molecular weight is 485 g/mol. The normalized spacial score (nSPS) is 18.4. The van der Waals surface area contributed by atoms with Crippen molar-refractivity contribution in [2.24, 2.45) is 0 Å². The minimum absolute atomic E-state index is 0.205. The Hall–Kier alpha value is -3.10. The minimum atomic E-state index is -0.412. The van der Waals surface area contributed by atoms with Crippen molar-refractivity contribution in [3.8, 4) is 0 Å². The van der Waals surface area contributed by atoms with Gasteiger partial charge in [0.15, 0.2) is 6.23 Å². The molecule has 2 aliphatic heterocycles. The highest BCUT2D eigenvalue weighted by molar-refractivity contribution is 6.33. The molecule has 1 unspecified atom stereocenters. The van der Waals surface area contributed by atoms with Gasteiger partial charge >= 0.3 is 5.97 Å². The maximum atomic E-state index is 12.5. The number of unbranched alkanes of at least 4 members (excludes halogenated alkanes) is 2. The summed E-state index contributed by atoms with van der Waals surface area (Å²) in [6.45, 7) is 4.77. The summed E-state index contributed by atoms with van der Waals surface area (Å²) in [5.41, 5.74) is 8.30. The summed E-state index contributed by atoms with van der Waals surface area (Å²) in [4.78, 5) is 42.3. The van der Waals surface area contributed by atoms with Gasteiger partial charge in [-0.2, -0.15) is 0 Å². The number of carbonyl (C=O) groups excluding carboxylic acids is 3. The van der Waals surface area contributed by atoms with Gasteiger partial charge in [0.25, 0.3) is 11.8 Å². The maximum Gasteiger partial charge on any atom is 0.304 e. The quantitative estimate of drug-likeness (QED) is 0.265. The predicted molar refractivity (Wildman–Crippen MR) is 131 cm³/mol. The Morgan fingerprint density at radius 1 is 1.03 bits per heavy atom. The van der Waals surface area contributed by atoms with Gasteiger partial charge in [-0.3, -0.25) is 24.2 Å². The Bertz CT molecular complexity index is 1060. The van der Waals surface area contributed by atoms with E-state index >= 15 is 0 Å². The second-order valence-corrected chi connectivity index (χ2v) is 9.04. The number of nitrogens with two attached hydrogens (primary N) is 1. The van der Waals surface area contributed by atoms with Crippen LogP contribution in [0.25, 0.3) is 0 Å². The Morgan fingerprint density at radius 3 is 2.35 bits per heavy atom. The van der Waals surface area contributed by atoms with E-state index in [1.54, 1.807) is 36.4 Å². The number of piperazine rings is 1. The first kappa shape index (κ1) is 24.0. The van der Waals surface area contributed by atoms with Crippen molar-refractivity contribution in [2.45, 2.75) is 32.4 Å². The maximum absolute atomic E-state index is 12.5. The zero-order chi connectivity index (χ0) is 24.2. The van der Waals surface area contributed by atoms with Gasteiger partial charge in [-0.1, -0.05) is 30.2 Å². The van der Waals surface area contributed by atoms with Gasteiger partial charge in [0.2, 0.25) is 0 Å². The van der Waals surface area contributed by atoms with Gasteiger partial charge in [0.1, 0.15) is 0 Å². The summed E-state index contributed by atoms with van der Waals surface area (Å²) >= 11 is 6.05.